The van der Waals surface area contributed by atoms with Gasteiger partial charge in [-0.05, 0) is 137 Å². The van der Waals surface area contributed by atoms with Crippen LogP contribution in [-0.2, 0) is 0 Å². The molecule has 0 heterocycles. The summed E-state index contributed by atoms with van der Waals surface area (Å²) in [6.07, 6.45) is 72.4. The number of terminal acetylenes is 1. The molecular weight excluding hydrogens is 1370 g/mol. The Balaban J connectivity index is -0.0000000489. The molecule has 0 nitrogen and oxygen atoms in total. The second-order valence-electron chi connectivity index (χ2n) is 36.7. The molecule has 0 heteroatoms. The zero-order valence-corrected chi connectivity index (χ0v) is 90.3. The average molecular weight is 1630 g/mol. The van der Waals surface area contributed by atoms with Gasteiger partial charge < -0.3 is 0 Å². The highest BCUT2D eigenvalue weighted by atomic mass is 14.3. The largest absolute Gasteiger partial charge is 0.106 e. The van der Waals surface area contributed by atoms with Crippen LogP contribution in [0.15, 0.2) is 0 Å². The predicted octanol–water partition coefficient (Wildman–Crippen LogP) is 44.7. The van der Waals surface area contributed by atoms with Crippen LogP contribution in [0, 0.1) is 123 Å². The number of hydrogen-bond donors (Lipinski definition) is 0. The van der Waals surface area contributed by atoms with Gasteiger partial charge in [0.1, 0.15) is 0 Å². The molecule has 0 aromatic carbocycles. The molecule has 0 aromatic heterocycles. The Labute approximate surface area is 747 Å². The van der Waals surface area contributed by atoms with Gasteiger partial charge in [-0.25, -0.2) is 0 Å². The highest BCUT2D eigenvalue weighted by Crippen LogP contribution is 2.35. The molecule has 0 N–H and O–H groups in total. The van der Waals surface area contributed by atoms with Gasteiger partial charge in [-0.15, -0.1) is 6.42 Å². The third-order valence-electron chi connectivity index (χ3n) is 19.4. The van der Waals surface area contributed by atoms with Gasteiger partial charge in [0.05, 0.1) is 0 Å². The summed E-state index contributed by atoms with van der Waals surface area (Å²) in [5.41, 5.74) is 1.46. The lowest BCUT2D eigenvalue weighted by Gasteiger charge is -2.30. The van der Waals surface area contributed by atoms with Crippen molar-refractivity contribution >= 4 is 0 Å². The van der Waals surface area contributed by atoms with Gasteiger partial charge in [0.2, 0.25) is 0 Å². The quantitative estimate of drug-likeness (QED) is 0.0421. The van der Waals surface area contributed by atoms with E-state index in [0.29, 0.717) is 22.2 Å². The minimum Gasteiger partial charge on any atom is -0.106 e. The zero-order chi connectivity index (χ0) is 92.2. The van der Waals surface area contributed by atoms with Gasteiger partial charge >= 0.3 is 0 Å². The van der Waals surface area contributed by atoms with E-state index in [1.807, 2.05) is 96.9 Å². The molecule has 114 heavy (non-hydrogen) atoms. The van der Waals surface area contributed by atoms with Crippen molar-refractivity contribution in [3.8, 4) is 47.9 Å². The first-order valence-electron chi connectivity index (χ1n) is 52.2. The van der Waals surface area contributed by atoms with Crippen molar-refractivity contribution < 1.29 is 8.56 Å². The normalized spacial score (nSPS) is 12.3. The highest BCUT2D eigenvalue weighted by Gasteiger charge is 2.23. The second kappa shape index (κ2) is 132. The fraction of sp³-hybridized carbons (Fsp3) is 0.930. The van der Waals surface area contributed by atoms with E-state index in [2.05, 4.69) is 256 Å². The zero-order valence-electron chi connectivity index (χ0n) is 90.3. The highest BCUT2D eigenvalue weighted by molar-refractivity contribution is 5.39. The van der Waals surface area contributed by atoms with Crippen LogP contribution in [0.3, 0.4) is 0 Å². The van der Waals surface area contributed by atoms with Crippen molar-refractivity contribution in [1.82, 2.24) is 0 Å². The summed E-state index contributed by atoms with van der Waals surface area (Å²) in [4.78, 5) is 0. The Bertz CT molecular complexity index is 1740. The molecule has 0 radical (unpaired) electrons. The Hall–Kier alpha value is -1.76. The van der Waals surface area contributed by atoms with Crippen molar-refractivity contribution in [3.63, 3.8) is 0 Å². The van der Waals surface area contributed by atoms with E-state index < -0.39 is 0 Å². The topological polar surface area (TPSA) is 0 Å². The number of unbranched alkanes of at least 4 members (excludes halogenated alkanes) is 18. The fourth-order valence-corrected chi connectivity index (χ4v) is 13.4. The average Bonchev–Trinajstić information content (AvgIpc) is 0.896. The molecule has 1 saturated carbocycles. The molecule has 1 aliphatic carbocycles. The van der Waals surface area contributed by atoms with E-state index in [1.54, 1.807) is 0 Å². The van der Waals surface area contributed by atoms with Crippen LogP contribution in [-0.4, -0.2) is 0 Å². The van der Waals surface area contributed by atoms with Crippen LogP contribution in [0.25, 0.3) is 0 Å². The van der Waals surface area contributed by atoms with Crippen molar-refractivity contribution in [2.45, 2.75) is 620 Å². The van der Waals surface area contributed by atoms with Gasteiger partial charge in [0, 0.05) is 14.5 Å². The maximum atomic E-state index is 4.98. The Morgan fingerprint density at radius 3 is 0.930 bits per heavy atom. The van der Waals surface area contributed by atoms with Crippen molar-refractivity contribution in [3.05, 3.63) is 0 Å². The Morgan fingerprint density at radius 2 is 0.640 bits per heavy atom. The van der Waals surface area contributed by atoms with Crippen LogP contribution in [0.5, 0.6) is 0 Å². The third kappa shape index (κ3) is 181. The second-order valence-corrected chi connectivity index (χ2v) is 36.7. The van der Waals surface area contributed by atoms with Gasteiger partial charge in [-0.3, -0.25) is 0 Å². The van der Waals surface area contributed by atoms with E-state index in [0.717, 1.165) is 59.7 Å². The fourth-order valence-electron chi connectivity index (χ4n) is 13.4. The first-order chi connectivity index (χ1) is 54.2. The van der Waals surface area contributed by atoms with Gasteiger partial charge in [-0.1, -0.05) is 594 Å². The van der Waals surface area contributed by atoms with E-state index >= 15 is 0 Å². The van der Waals surface area contributed by atoms with E-state index in [-0.39, 0.29) is 8.56 Å². The van der Waals surface area contributed by atoms with E-state index in [9.17, 15) is 0 Å². The molecule has 1 fully saturated rings. The number of hydrogen-bond acceptors (Lipinski definition) is 0. The van der Waals surface area contributed by atoms with E-state index in [4.69, 9.17) is 6.42 Å². The van der Waals surface area contributed by atoms with Gasteiger partial charge in [-0.2, -0.15) is 0 Å². The van der Waals surface area contributed by atoms with Crippen molar-refractivity contribution in [1.29, 1.82) is 0 Å². The lowest BCUT2D eigenvalue weighted by molar-refractivity contribution is 0.206. The predicted molar refractivity (Wildman–Crippen MR) is 564 cm³/mol. The standard InChI is InChI=1S/C21H44.C19H40.C19H24.C11H24.C9H20.C7H14.C6H14.C5H12.C3H8.7C2H6.6H2/c1-4-7-9-11-13-14-16-18-20-21(6-3)19-17-15-12-10-8-5-2;1-10-17(16(3)14-19(7,8)9)12-11-15(2)13-18(4,5)6;1-4-7-9-11-13-15-17-19(6-3)18-16-14-12-10-8-5-2;1-5-7-11(4)9-6-8-10(2)3;1-4-7-8-9(5-2)6-3;1-7-5-3-2-4-6-7;1-4-5-6(2)3;1-5(2,3)4;1-3-2;7*1-2;;;;;;/h21H,4-20H2,1-3H3;15-17H,10-14H2,1-9H3;1,19H,5-6,8,10,12,14,16,18H2,2-3H3;10-11H,5-9H2,1-4H3;9H,4-8H2,1-3H3;7H,2-6H2,1H3;6H,4-5H2,1-3H3;1-4H3;3H2,1-2H3;7*1-2H3;6*1H. The smallest absolute Gasteiger partial charge is 0.0210 e. The van der Waals surface area contributed by atoms with Crippen LogP contribution < -0.4 is 0 Å². The first-order valence-corrected chi connectivity index (χ1v) is 52.2. The molecule has 0 aliphatic heterocycles. The molecule has 0 amide bonds. The minimum absolute atomic E-state index is 0. The van der Waals surface area contributed by atoms with E-state index in [1.165, 1.54) is 302 Å². The number of rotatable bonds is 45. The third-order valence-corrected chi connectivity index (χ3v) is 19.4. The lowest BCUT2D eigenvalue weighted by atomic mass is 9.75. The summed E-state index contributed by atoms with van der Waals surface area (Å²) in [5, 5.41) is 0. The van der Waals surface area contributed by atoms with Crippen molar-refractivity contribution in [2.24, 2.45) is 75.4 Å². The molecule has 0 bridgehead atoms. The van der Waals surface area contributed by atoms with Crippen LogP contribution in [0.2, 0.25) is 0 Å². The lowest BCUT2D eigenvalue weighted by Crippen LogP contribution is -2.19. The summed E-state index contributed by atoms with van der Waals surface area (Å²) in [6.45, 7) is 99.1. The molecule has 0 saturated heterocycles. The summed E-state index contributed by atoms with van der Waals surface area (Å²) < 4.78 is 0. The van der Waals surface area contributed by atoms with Gasteiger partial charge in [0.15, 0.2) is 0 Å². The van der Waals surface area contributed by atoms with Crippen LogP contribution in [0.4, 0.5) is 0 Å². The summed E-state index contributed by atoms with van der Waals surface area (Å²) in [6, 6.07) is 0. The molecule has 6 unspecified atom stereocenters. The van der Waals surface area contributed by atoms with Crippen LogP contribution in [0.1, 0.15) is 628 Å². The SMILES string of the molecule is C#CC#CC#CC#CC(CC)CCCCCCCC.CC.CC.CC.CC.CC.CC.CC.CC(C)(C)C.CC1CCCCC1.CCC.CCC(CCC(C)CC(C)(C)C)C(C)CC(C)(C)C.CCCC(C)C.CCCC(C)CCCC(C)C.CCCCC(CC)CC.CCCCCCCCCCC(CC)CCCCCCCC.[HH].[HH].[HH].[HH].[HH].[HH]. The van der Waals surface area contributed by atoms with Crippen molar-refractivity contribution in [2.75, 3.05) is 0 Å². The summed E-state index contributed by atoms with van der Waals surface area (Å²) in [5.74, 6) is 27.6. The Kier molecular flexibility index (Phi) is 170. The molecule has 0 spiro atoms. The molecule has 1 aliphatic rings. The summed E-state index contributed by atoms with van der Waals surface area (Å²) >= 11 is 0. The molecule has 6 atom stereocenters. The van der Waals surface area contributed by atoms with Gasteiger partial charge in [0.25, 0.3) is 0 Å². The van der Waals surface area contributed by atoms with Crippen LogP contribution >= 0.6 is 0 Å². The molecule has 1 rings (SSSR count). The monoisotopic (exact) mass is 1620 g/mol. The minimum atomic E-state index is 0. The maximum Gasteiger partial charge on any atom is 0.0210 e. The molecule has 710 valence electrons. The molecule has 0 aromatic rings. The summed E-state index contributed by atoms with van der Waals surface area (Å²) in [7, 11) is 0. The maximum absolute atomic E-state index is 4.98. The molecular formula is C114H254. The Morgan fingerprint density at radius 1 is 0.307 bits per heavy atom. The first kappa shape index (κ1) is 147.